The summed E-state index contributed by atoms with van der Waals surface area (Å²) in [5, 5.41) is 15.5. The van der Waals surface area contributed by atoms with Gasteiger partial charge >= 0.3 is 0 Å². The van der Waals surface area contributed by atoms with Gasteiger partial charge in [-0.3, -0.25) is 4.79 Å². The molecule has 0 aromatic carbocycles. The Morgan fingerprint density at radius 2 is 2.00 bits per heavy atom. The number of carbonyl (C=O) groups excluding carboxylic acids is 1. The topological polar surface area (TPSA) is 61.4 Å². The number of aliphatic hydroxyl groups is 1. The molecule has 3 N–H and O–H groups in total. The molecule has 18 heavy (non-hydrogen) atoms. The molecule has 1 aliphatic heterocycles. The van der Waals surface area contributed by atoms with Crippen molar-refractivity contribution in [3.63, 3.8) is 0 Å². The summed E-state index contributed by atoms with van der Waals surface area (Å²) >= 11 is 0. The van der Waals surface area contributed by atoms with E-state index >= 15 is 0 Å². The van der Waals surface area contributed by atoms with E-state index in [1.54, 1.807) is 0 Å². The SMILES string of the molecule is CC(C)(CO)NC(=O)C1CC2CCCCC2CN1. The van der Waals surface area contributed by atoms with Crippen LogP contribution in [0.15, 0.2) is 0 Å². The Morgan fingerprint density at radius 3 is 2.67 bits per heavy atom. The first kappa shape index (κ1) is 13.8. The second-order valence-corrected chi connectivity index (χ2v) is 6.53. The van der Waals surface area contributed by atoms with E-state index < -0.39 is 5.54 Å². The smallest absolute Gasteiger partial charge is 0.237 e. The Kier molecular flexibility index (Phi) is 4.28. The second kappa shape index (κ2) is 5.57. The molecular weight excluding hydrogens is 228 g/mol. The van der Waals surface area contributed by atoms with Crippen molar-refractivity contribution in [1.29, 1.82) is 0 Å². The van der Waals surface area contributed by atoms with Crippen molar-refractivity contribution >= 4 is 5.91 Å². The van der Waals surface area contributed by atoms with Crippen molar-refractivity contribution in [2.45, 2.75) is 57.5 Å². The molecule has 1 heterocycles. The van der Waals surface area contributed by atoms with Gasteiger partial charge in [-0.2, -0.15) is 0 Å². The minimum Gasteiger partial charge on any atom is -0.394 e. The summed E-state index contributed by atoms with van der Waals surface area (Å²) in [5.74, 6) is 1.53. The van der Waals surface area contributed by atoms with Crippen LogP contribution < -0.4 is 10.6 Å². The van der Waals surface area contributed by atoms with E-state index in [2.05, 4.69) is 10.6 Å². The summed E-state index contributed by atoms with van der Waals surface area (Å²) in [7, 11) is 0. The fraction of sp³-hybridized carbons (Fsp3) is 0.929. The number of piperidine rings is 1. The molecule has 2 rings (SSSR count). The van der Waals surface area contributed by atoms with Crippen LogP contribution in [0.25, 0.3) is 0 Å². The molecule has 104 valence electrons. The van der Waals surface area contributed by atoms with E-state index in [1.165, 1.54) is 25.7 Å². The van der Waals surface area contributed by atoms with Crippen LogP contribution in [0.2, 0.25) is 0 Å². The first-order valence-electron chi connectivity index (χ1n) is 7.18. The zero-order chi connectivity index (χ0) is 13.2. The molecular formula is C14H26N2O2. The molecule has 1 saturated heterocycles. The monoisotopic (exact) mass is 254 g/mol. The average Bonchev–Trinajstić information content (AvgIpc) is 2.37. The van der Waals surface area contributed by atoms with Crippen LogP contribution in [0.3, 0.4) is 0 Å². The van der Waals surface area contributed by atoms with Crippen molar-refractivity contribution in [2.24, 2.45) is 11.8 Å². The van der Waals surface area contributed by atoms with Crippen LogP contribution in [-0.4, -0.2) is 35.7 Å². The van der Waals surface area contributed by atoms with Crippen molar-refractivity contribution < 1.29 is 9.90 Å². The van der Waals surface area contributed by atoms with Crippen LogP contribution in [0, 0.1) is 11.8 Å². The van der Waals surface area contributed by atoms with E-state index in [0.29, 0.717) is 5.92 Å². The van der Waals surface area contributed by atoms with Gasteiger partial charge in [0.05, 0.1) is 18.2 Å². The third-order valence-corrected chi connectivity index (χ3v) is 4.40. The third-order valence-electron chi connectivity index (χ3n) is 4.40. The highest BCUT2D eigenvalue weighted by Crippen LogP contribution is 2.35. The Morgan fingerprint density at radius 1 is 1.33 bits per heavy atom. The molecule has 3 unspecified atom stereocenters. The van der Waals surface area contributed by atoms with Gasteiger partial charge in [0, 0.05) is 0 Å². The van der Waals surface area contributed by atoms with E-state index in [4.69, 9.17) is 0 Å². The maximum absolute atomic E-state index is 12.2. The van der Waals surface area contributed by atoms with E-state index in [-0.39, 0.29) is 18.6 Å². The lowest BCUT2D eigenvalue weighted by atomic mass is 9.73. The number of hydrogen-bond acceptors (Lipinski definition) is 3. The maximum Gasteiger partial charge on any atom is 0.237 e. The van der Waals surface area contributed by atoms with Gasteiger partial charge in [0.15, 0.2) is 0 Å². The molecule has 1 saturated carbocycles. The summed E-state index contributed by atoms with van der Waals surface area (Å²) < 4.78 is 0. The number of fused-ring (bicyclic) bond motifs is 1. The van der Waals surface area contributed by atoms with Crippen molar-refractivity contribution in [3.8, 4) is 0 Å². The molecule has 2 fully saturated rings. The summed E-state index contributed by atoms with van der Waals surface area (Å²) in [4.78, 5) is 12.2. The highest BCUT2D eigenvalue weighted by molar-refractivity contribution is 5.82. The molecule has 0 aromatic heterocycles. The second-order valence-electron chi connectivity index (χ2n) is 6.53. The average molecular weight is 254 g/mol. The zero-order valence-electron chi connectivity index (χ0n) is 11.5. The van der Waals surface area contributed by atoms with Gasteiger partial charge in [0.2, 0.25) is 5.91 Å². The fourth-order valence-corrected chi connectivity index (χ4v) is 3.20. The molecule has 0 aromatic rings. The van der Waals surface area contributed by atoms with Crippen molar-refractivity contribution in [1.82, 2.24) is 10.6 Å². The predicted octanol–water partition coefficient (Wildman–Crippen LogP) is 1.04. The first-order valence-corrected chi connectivity index (χ1v) is 7.18. The van der Waals surface area contributed by atoms with E-state index in [0.717, 1.165) is 18.9 Å². The minimum atomic E-state index is -0.526. The Balaban J connectivity index is 1.88. The van der Waals surface area contributed by atoms with Gasteiger partial charge in [-0.25, -0.2) is 0 Å². The molecule has 2 aliphatic rings. The number of aliphatic hydroxyl groups excluding tert-OH is 1. The number of carbonyl (C=O) groups is 1. The van der Waals surface area contributed by atoms with Gasteiger partial charge in [-0.15, -0.1) is 0 Å². The maximum atomic E-state index is 12.2. The van der Waals surface area contributed by atoms with E-state index in [1.807, 2.05) is 13.8 Å². The number of rotatable bonds is 3. The molecule has 1 amide bonds. The van der Waals surface area contributed by atoms with Crippen LogP contribution in [-0.2, 0) is 4.79 Å². The minimum absolute atomic E-state index is 0.0302. The highest BCUT2D eigenvalue weighted by Gasteiger charge is 2.35. The lowest BCUT2D eigenvalue weighted by Crippen LogP contribution is -2.57. The molecule has 4 heteroatoms. The predicted molar refractivity (Wildman–Crippen MR) is 71.2 cm³/mol. The van der Waals surface area contributed by atoms with Gasteiger partial charge < -0.3 is 15.7 Å². The standard InChI is InChI=1S/C14H26N2O2/c1-14(2,9-17)16-13(18)12-7-10-5-3-4-6-11(10)8-15-12/h10-12,15,17H,3-9H2,1-2H3,(H,16,18). The van der Waals surface area contributed by atoms with E-state index in [9.17, 15) is 9.90 Å². The normalized spacial score (nSPS) is 32.7. The molecule has 1 aliphatic carbocycles. The number of hydrogen-bond donors (Lipinski definition) is 3. The first-order chi connectivity index (χ1) is 8.52. The van der Waals surface area contributed by atoms with Crippen LogP contribution in [0.1, 0.15) is 46.0 Å². The van der Waals surface area contributed by atoms with Gasteiger partial charge in [0.1, 0.15) is 0 Å². The van der Waals surface area contributed by atoms with Crippen LogP contribution >= 0.6 is 0 Å². The van der Waals surface area contributed by atoms with Gasteiger partial charge in [-0.05, 0) is 45.1 Å². The van der Waals surface area contributed by atoms with Crippen LogP contribution in [0.5, 0.6) is 0 Å². The summed E-state index contributed by atoms with van der Waals surface area (Å²) in [6.45, 7) is 4.63. The van der Waals surface area contributed by atoms with Gasteiger partial charge in [-0.1, -0.05) is 19.3 Å². The molecule has 3 atom stereocenters. The molecule has 0 radical (unpaired) electrons. The number of amides is 1. The molecule has 0 bridgehead atoms. The molecule has 0 spiro atoms. The summed E-state index contributed by atoms with van der Waals surface area (Å²) in [6.07, 6.45) is 6.21. The summed E-state index contributed by atoms with van der Waals surface area (Å²) in [5.41, 5.74) is -0.526. The lowest BCUT2D eigenvalue weighted by Gasteiger charge is -2.40. The Hall–Kier alpha value is -0.610. The molecule has 4 nitrogen and oxygen atoms in total. The Labute approximate surface area is 110 Å². The fourth-order valence-electron chi connectivity index (χ4n) is 3.20. The Bertz CT molecular complexity index is 304. The largest absolute Gasteiger partial charge is 0.394 e. The third kappa shape index (κ3) is 3.23. The van der Waals surface area contributed by atoms with Crippen molar-refractivity contribution in [3.05, 3.63) is 0 Å². The number of nitrogens with one attached hydrogen (secondary N) is 2. The lowest BCUT2D eigenvalue weighted by molar-refractivity contribution is -0.126. The highest BCUT2D eigenvalue weighted by atomic mass is 16.3. The van der Waals surface area contributed by atoms with Crippen molar-refractivity contribution in [2.75, 3.05) is 13.2 Å². The summed E-state index contributed by atoms with van der Waals surface area (Å²) in [6, 6.07) is -0.0739. The van der Waals surface area contributed by atoms with Crippen LogP contribution in [0.4, 0.5) is 0 Å². The quantitative estimate of drug-likeness (QED) is 0.705. The van der Waals surface area contributed by atoms with Gasteiger partial charge in [0.25, 0.3) is 0 Å². The zero-order valence-corrected chi connectivity index (χ0v) is 11.5.